The van der Waals surface area contributed by atoms with E-state index in [0.29, 0.717) is 6.61 Å². The Kier molecular flexibility index (Phi) is 3.31. The van der Waals surface area contributed by atoms with E-state index in [1.54, 1.807) is 0 Å². The Labute approximate surface area is 75.1 Å². The van der Waals surface area contributed by atoms with Gasteiger partial charge in [-0.3, -0.25) is 9.89 Å². The highest BCUT2D eigenvalue weighted by Gasteiger charge is 2.11. The smallest absolute Gasteiger partial charge is 0.345 e. The molecule has 1 aromatic rings. The van der Waals surface area contributed by atoms with Crippen molar-refractivity contribution < 1.29 is 9.53 Å². The first-order valence-corrected chi connectivity index (χ1v) is 4.19. The van der Waals surface area contributed by atoms with E-state index in [2.05, 4.69) is 10.2 Å². The third-order valence-electron chi connectivity index (χ3n) is 1.60. The summed E-state index contributed by atoms with van der Waals surface area (Å²) in [5.41, 5.74) is -0.419. The standard InChI is InChI=1S/C8H12N2O3/c1-2-3-4-13-8(12)6-5-9-10-7(6)11/h5H,2-4H2,1H3,(H2,9,10,11). The molecule has 1 rings (SSSR count). The lowest BCUT2D eigenvalue weighted by atomic mass is 10.3. The van der Waals surface area contributed by atoms with Gasteiger partial charge in [-0.05, 0) is 6.42 Å². The highest BCUT2D eigenvalue weighted by molar-refractivity contribution is 5.88. The molecule has 5 heteroatoms. The monoisotopic (exact) mass is 184 g/mol. The molecule has 1 heterocycles. The van der Waals surface area contributed by atoms with E-state index in [4.69, 9.17) is 4.74 Å². The van der Waals surface area contributed by atoms with Crippen LogP contribution in [0.1, 0.15) is 30.1 Å². The minimum Gasteiger partial charge on any atom is -0.462 e. The fourth-order valence-corrected chi connectivity index (χ4v) is 0.845. The van der Waals surface area contributed by atoms with Crippen LogP contribution in [0.3, 0.4) is 0 Å². The summed E-state index contributed by atoms with van der Waals surface area (Å²) in [7, 11) is 0. The van der Waals surface area contributed by atoms with Crippen LogP contribution in [-0.2, 0) is 4.74 Å². The molecule has 0 unspecified atom stereocenters. The van der Waals surface area contributed by atoms with Crippen molar-refractivity contribution in [3.8, 4) is 0 Å². The van der Waals surface area contributed by atoms with Gasteiger partial charge in [0.1, 0.15) is 5.56 Å². The Morgan fingerprint density at radius 3 is 2.92 bits per heavy atom. The molecule has 0 aromatic carbocycles. The SMILES string of the molecule is CCCCOC(=O)c1c[nH][nH]c1=O. The minimum atomic E-state index is -0.573. The highest BCUT2D eigenvalue weighted by Crippen LogP contribution is 1.94. The van der Waals surface area contributed by atoms with Gasteiger partial charge in [-0.15, -0.1) is 0 Å². The molecule has 5 nitrogen and oxygen atoms in total. The molecule has 0 atom stereocenters. The molecule has 0 saturated heterocycles. The van der Waals surface area contributed by atoms with Crippen molar-refractivity contribution in [3.05, 3.63) is 22.1 Å². The topological polar surface area (TPSA) is 75.0 Å². The summed E-state index contributed by atoms with van der Waals surface area (Å²) in [4.78, 5) is 22.0. The second-order valence-corrected chi connectivity index (χ2v) is 2.65. The van der Waals surface area contributed by atoms with Crippen molar-refractivity contribution in [2.45, 2.75) is 19.8 Å². The lowest BCUT2D eigenvalue weighted by Gasteiger charge is -1.99. The zero-order chi connectivity index (χ0) is 9.68. The summed E-state index contributed by atoms with van der Waals surface area (Å²) in [6, 6.07) is 0. The molecule has 0 fully saturated rings. The first-order chi connectivity index (χ1) is 6.25. The number of aromatic amines is 2. The number of ether oxygens (including phenoxy) is 1. The molecule has 72 valence electrons. The molecule has 13 heavy (non-hydrogen) atoms. The number of rotatable bonds is 4. The largest absolute Gasteiger partial charge is 0.462 e. The fourth-order valence-electron chi connectivity index (χ4n) is 0.845. The number of unbranched alkanes of at least 4 members (excludes halogenated alkanes) is 1. The van der Waals surface area contributed by atoms with Gasteiger partial charge in [0, 0.05) is 6.20 Å². The average Bonchev–Trinajstić information content (AvgIpc) is 2.52. The molecule has 0 aliphatic carbocycles. The number of aromatic nitrogens is 2. The van der Waals surface area contributed by atoms with Crippen LogP contribution in [0.5, 0.6) is 0 Å². The van der Waals surface area contributed by atoms with Gasteiger partial charge in [0.15, 0.2) is 0 Å². The number of hydrogen-bond acceptors (Lipinski definition) is 3. The van der Waals surface area contributed by atoms with Crippen molar-refractivity contribution in [2.75, 3.05) is 6.61 Å². The van der Waals surface area contributed by atoms with Crippen LogP contribution >= 0.6 is 0 Å². The number of H-pyrrole nitrogens is 2. The van der Waals surface area contributed by atoms with Crippen LogP contribution in [0.25, 0.3) is 0 Å². The normalized spacial score (nSPS) is 9.92. The number of hydrogen-bond donors (Lipinski definition) is 2. The molecule has 0 bridgehead atoms. The van der Waals surface area contributed by atoms with Gasteiger partial charge >= 0.3 is 5.97 Å². The van der Waals surface area contributed by atoms with E-state index in [1.165, 1.54) is 6.20 Å². The van der Waals surface area contributed by atoms with E-state index in [1.807, 2.05) is 6.92 Å². The second-order valence-electron chi connectivity index (χ2n) is 2.65. The summed E-state index contributed by atoms with van der Waals surface area (Å²) in [5.74, 6) is -0.573. The third-order valence-corrected chi connectivity index (χ3v) is 1.60. The summed E-state index contributed by atoms with van der Waals surface area (Å²) >= 11 is 0. The van der Waals surface area contributed by atoms with Crippen molar-refractivity contribution in [3.63, 3.8) is 0 Å². The fraction of sp³-hybridized carbons (Fsp3) is 0.500. The molecular weight excluding hydrogens is 172 g/mol. The third kappa shape index (κ3) is 2.47. The first kappa shape index (κ1) is 9.57. The molecule has 0 saturated carbocycles. The number of esters is 1. The summed E-state index contributed by atoms with van der Waals surface area (Å²) in [5, 5.41) is 4.69. The Morgan fingerprint density at radius 1 is 1.62 bits per heavy atom. The maximum Gasteiger partial charge on any atom is 0.345 e. The van der Waals surface area contributed by atoms with E-state index < -0.39 is 11.5 Å². The zero-order valence-electron chi connectivity index (χ0n) is 7.42. The van der Waals surface area contributed by atoms with Crippen LogP contribution < -0.4 is 5.56 Å². The van der Waals surface area contributed by atoms with E-state index in [9.17, 15) is 9.59 Å². The quantitative estimate of drug-likeness (QED) is 0.533. The first-order valence-electron chi connectivity index (χ1n) is 4.19. The van der Waals surface area contributed by atoms with Crippen LogP contribution in [-0.4, -0.2) is 22.8 Å². The molecule has 0 radical (unpaired) electrons. The van der Waals surface area contributed by atoms with Crippen molar-refractivity contribution in [1.29, 1.82) is 0 Å². The average molecular weight is 184 g/mol. The van der Waals surface area contributed by atoms with E-state index in [0.717, 1.165) is 12.8 Å². The summed E-state index contributed by atoms with van der Waals surface area (Å²) in [6.45, 7) is 2.36. The number of carbonyl (C=O) groups excluding carboxylic acids is 1. The molecule has 0 aliphatic heterocycles. The number of carbonyl (C=O) groups is 1. The van der Waals surface area contributed by atoms with Gasteiger partial charge in [0.05, 0.1) is 6.61 Å². The predicted molar refractivity (Wildman–Crippen MR) is 46.6 cm³/mol. The Balaban J connectivity index is 2.50. The predicted octanol–water partition coefficient (Wildman–Crippen LogP) is 0.660. The van der Waals surface area contributed by atoms with Gasteiger partial charge < -0.3 is 9.84 Å². The molecular formula is C8H12N2O3. The maximum absolute atomic E-state index is 11.1. The Bertz CT molecular complexity index is 326. The highest BCUT2D eigenvalue weighted by atomic mass is 16.5. The van der Waals surface area contributed by atoms with Gasteiger partial charge in [-0.2, -0.15) is 0 Å². The molecule has 0 spiro atoms. The molecule has 0 aliphatic rings. The lowest BCUT2D eigenvalue weighted by molar-refractivity contribution is 0.0498. The Morgan fingerprint density at radius 2 is 2.38 bits per heavy atom. The maximum atomic E-state index is 11.1. The molecule has 0 amide bonds. The van der Waals surface area contributed by atoms with Crippen molar-refractivity contribution in [1.82, 2.24) is 10.2 Å². The van der Waals surface area contributed by atoms with Gasteiger partial charge in [-0.25, -0.2) is 4.79 Å². The van der Waals surface area contributed by atoms with Crippen LogP contribution in [0.2, 0.25) is 0 Å². The van der Waals surface area contributed by atoms with Gasteiger partial charge in [-0.1, -0.05) is 13.3 Å². The van der Waals surface area contributed by atoms with Gasteiger partial charge in [0.2, 0.25) is 0 Å². The van der Waals surface area contributed by atoms with Crippen LogP contribution in [0.15, 0.2) is 11.0 Å². The second kappa shape index (κ2) is 4.49. The summed E-state index contributed by atoms with van der Waals surface area (Å²) < 4.78 is 4.83. The number of nitrogens with one attached hydrogen (secondary N) is 2. The zero-order valence-corrected chi connectivity index (χ0v) is 7.42. The molecule has 2 N–H and O–H groups in total. The van der Waals surface area contributed by atoms with Gasteiger partial charge in [0.25, 0.3) is 5.56 Å². The Hall–Kier alpha value is -1.52. The van der Waals surface area contributed by atoms with Crippen LogP contribution in [0, 0.1) is 0 Å². The lowest BCUT2D eigenvalue weighted by Crippen LogP contribution is -2.15. The van der Waals surface area contributed by atoms with Crippen molar-refractivity contribution in [2.24, 2.45) is 0 Å². The van der Waals surface area contributed by atoms with E-state index >= 15 is 0 Å². The molecule has 1 aromatic heterocycles. The summed E-state index contributed by atoms with van der Waals surface area (Å²) in [6.07, 6.45) is 3.07. The van der Waals surface area contributed by atoms with Crippen LogP contribution in [0.4, 0.5) is 0 Å². The van der Waals surface area contributed by atoms with Crippen molar-refractivity contribution >= 4 is 5.97 Å². The van der Waals surface area contributed by atoms with E-state index in [-0.39, 0.29) is 5.56 Å². The minimum absolute atomic E-state index is 0.0242.